The van der Waals surface area contributed by atoms with Gasteiger partial charge in [0, 0.05) is 17.1 Å². The molecule has 0 atom stereocenters. The molecular formula is C14H11ClFNO3. The molecule has 20 heavy (non-hydrogen) atoms. The Balaban J connectivity index is 2.20. The molecule has 0 heterocycles. The number of phenols is 1. The molecule has 104 valence electrons. The third kappa shape index (κ3) is 3.19. The maximum atomic E-state index is 13.6. The van der Waals surface area contributed by atoms with Crippen LogP contribution < -0.4 is 5.32 Å². The van der Waals surface area contributed by atoms with Crippen LogP contribution in [0.1, 0.15) is 15.9 Å². The van der Waals surface area contributed by atoms with Crippen LogP contribution in [-0.4, -0.2) is 16.2 Å². The fourth-order valence-electron chi connectivity index (χ4n) is 1.68. The van der Waals surface area contributed by atoms with Gasteiger partial charge >= 0.3 is 5.97 Å². The molecule has 0 fully saturated rings. The predicted molar refractivity (Wildman–Crippen MR) is 73.8 cm³/mol. The van der Waals surface area contributed by atoms with Crippen molar-refractivity contribution in [2.75, 3.05) is 5.32 Å². The summed E-state index contributed by atoms with van der Waals surface area (Å²) in [6.45, 7) is 0.117. The highest BCUT2D eigenvalue weighted by Crippen LogP contribution is 2.23. The summed E-state index contributed by atoms with van der Waals surface area (Å²) in [6, 6.07) is 7.96. The van der Waals surface area contributed by atoms with Gasteiger partial charge in [0.2, 0.25) is 0 Å². The number of carboxylic acids is 1. The Labute approximate surface area is 119 Å². The number of aromatic carboxylic acids is 1. The van der Waals surface area contributed by atoms with Gasteiger partial charge in [0.1, 0.15) is 11.6 Å². The van der Waals surface area contributed by atoms with Crippen LogP contribution in [0.4, 0.5) is 10.1 Å². The van der Waals surface area contributed by atoms with Crippen LogP contribution in [0.3, 0.4) is 0 Å². The number of benzene rings is 2. The number of hydrogen-bond acceptors (Lipinski definition) is 3. The van der Waals surface area contributed by atoms with Gasteiger partial charge in [-0.2, -0.15) is 0 Å². The second-order valence-corrected chi connectivity index (χ2v) is 4.56. The molecule has 2 aromatic carbocycles. The maximum Gasteiger partial charge on any atom is 0.335 e. The zero-order valence-electron chi connectivity index (χ0n) is 10.2. The molecule has 2 rings (SSSR count). The molecule has 0 bridgehead atoms. The molecular weight excluding hydrogens is 285 g/mol. The summed E-state index contributed by atoms with van der Waals surface area (Å²) in [5.74, 6) is -1.69. The van der Waals surface area contributed by atoms with Crippen molar-refractivity contribution in [3.63, 3.8) is 0 Å². The van der Waals surface area contributed by atoms with Gasteiger partial charge in [0.05, 0.1) is 11.3 Å². The topological polar surface area (TPSA) is 69.6 Å². The first-order valence-corrected chi connectivity index (χ1v) is 6.09. The van der Waals surface area contributed by atoms with Crippen molar-refractivity contribution >= 4 is 23.3 Å². The van der Waals surface area contributed by atoms with E-state index in [1.165, 1.54) is 24.3 Å². The molecule has 0 aliphatic carbocycles. The van der Waals surface area contributed by atoms with Crippen LogP contribution in [0.2, 0.25) is 5.02 Å². The fourth-order valence-corrected chi connectivity index (χ4v) is 1.87. The molecule has 0 amide bonds. The number of hydrogen-bond donors (Lipinski definition) is 3. The van der Waals surface area contributed by atoms with E-state index in [1.54, 1.807) is 6.07 Å². The molecule has 4 nitrogen and oxygen atoms in total. The van der Waals surface area contributed by atoms with Crippen LogP contribution in [0, 0.1) is 5.82 Å². The van der Waals surface area contributed by atoms with E-state index in [0.717, 1.165) is 6.07 Å². The SMILES string of the molecule is O=C(O)c1ccc(F)c(NCc2cc(Cl)ccc2O)c1. The minimum Gasteiger partial charge on any atom is -0.508 e. The number of rotatable bonds is 4. The van der Waals surface area contributed by atoms with Crippen molar-refractivity contribution in [2.45, 2.75) is 6.54 Å². The molecule has 3 N–H and O–H groups in total. The Hall–Kier alpha value is -2.27. The summed E-state index contributed by atoms with van der Waals surface area (Å²) in [4.78, 5) is 10.8. The highest BCUT2D eigenvalue weighted by atomic mass is 35.5. The zero-order valence-corrected chi connectivity index (χ0v) is 11.0. The smallest absolute Gasteiger partial charge is 0.335 e. The third-order valence-corrected chi connectivity index (χ3v) is 2.96. The summed E-state index contributed by atoms with van der Waals surface area (Å²) in [7, 11) is 0. The second-order valence-electron chi connectivity index (χ2n) is 4.13. The third-order valence-electron chi connectivity index (χ3n) is 2.72. The minimum absolute atomic E-state index is 0.0239. The molecule has 0 unspecified atom stereocenters. The van der Waals surface area contributed by atoms with Crippen molar-refractivity contribution in [3.05, 3.63) is 58.4 Å². The zero-order chi connectivity index (χ0) is 14.7. The van der Waals surface area contributed by atoms with Crippen molar-refractivity contribution in [2.24, 2.45) is 0 Å². The summed E-state index contributed by atoms with van der Waals surface area (Å²) in [5.41, 5.74) is 0.506. The number of carboxylic acid groups (broad SMARTS) is 1. The van der Waals surface area contributed by atoms with E-state index in [4.69, 9.17) is 16.7 Å². The molecule has 0 radical (unpaired) electrons. The van der Waals surface area contributed by atoms with E-state index in [9.17, 15) is 14.3 Å². The van der Waals surface area contributed by atoms with Crippen LogP contribution in [0.5, 0.6) is 5.75 Å². The van der Waals surface area contributed by atoms with Gasteiger partial charge in [-0.3, -0.25) is 0 Å². The van der Waals surface area contributed by atoms with E-state index in [-0.39, 0.29) is 23.5 Å². The molecule has 0 spiro atoms. The summed E-state index contributed by atoms with van der Waals surface area (Å²) in [5, 5.41) is 21.7. The van der Waals surface area contributed by atoms with Gasteiger partial charge in [0.25, 0.3) is 0 Å². The fraction of sp³-hybridized carbons (Fsp3) is 0.0714. The Kier molecular flexibility index (Phi) is 4.10. The van der Waals surface area contributed by atoms with E-state index >= 15 is 0 Å². The maximum absolute atomic E-state index is 13.6. The molecule has 6 heteroatoms. The normalized spacial score (nSPS) is 10.3. The van der Waals surface area contributed by atoms with E-state index in [1.807, 2.05) is 0 Å². The lowest BCUT2D eigenvalue weighted by atomic mass is 10.1. The average Bonchev–Trinajstić information content (AvgIpc) is 2.41. The van der Waals surface area contributed by atoms with Crippen molar-refractivity contribution in [1.82, 2.24) is 0 Å². The largest absolute Gasteiger partial charge is 0.508 e. The Morgan fingerprint density at radius 3 is 2.70 bits per heavy atom. The molecule has 0 saturated carbocycles. The number of aromatic hydroxyl groups is 1. The van der Waals surface area contributed by atoms with Crippen LogP contribution >= 0.6 is 11.6 Å². The van der Waals surface area contributed by atoms with E-state index < -0.39 is 11.8 Å². The van der Waals surface area contributed by atoms with Gasteiger partial charge in [-0.15, -0.1) is 0 Å². The molecule has 0 saturated heterocycles. The lowest BCUT2D eigenvalue weighted by Gasteiger charge is -2.10. The van der Waals surface area contributed by atoms with E-state index in [0.29, 0.717) is 10.6 Å². The highest BCUT2D eigenvalue weighted by Gasteiger charge is 2.09. The lowest BCUT2D eigenvalue weighted by Crippen LogP contribution is -2.04. The van der Waals surface area contributed by atoms with Crippen LogP contribution in [0.25, 0.3) is 0 Å². The Morgan fingerprint density at radius 1 is 1.25 bits per heavy atom. The number of anilines is 1. The Bertz CT molecular complexity index is 661. The van der Waals surface area contributed by atoms with Crippen LogP contribution in [0.15, 0.2) is 36.4 Å². The monoisotopic (exact) mass is 295 g/mol. The van der Waals surface area contributed by atoms with Gasteiger partial charge in [-0.05, 0) is 36.4 Å². The number of phenolic OH excluding ortho intramolecular Hbond substituents is 1. The first-order valence-electron chi connectivity index (χ1n) is 5.71. The number of carbonyl (C=O) groups is 1. The lowest BCUT2D eigenvalue weighted by molar-refractivity contribution is 0.0697. The average molecular weight is 296 g/mol. The second kappa shape index (κ2) is 5.79. The Morgan fingerprint density at radius 2 is 2.00 bits per heavy atom. The molecule has 0 aliphatic rings. The van der Waals surface area contributed by atoms with E-state index in [2.05, 4.69) is 5.32 Å². The minimum atomic E-state index is -1.14. The standard InChI is InChI=1S/C14H11ClFNO3/c15-10-2-4-13(18)9(5-10)7-17-12-6-8(14(19)20)1-3-11(12)16/h1-6,17-18H,7H2,(H,19,20). The molecule has 2 aromatic rings. The summed E-state index contributed by atoms with van der Waals surface area (Å²) >= 11 is 5.81. The molecule has 0 aromatic heterocycles. The van der Waals surface area contributed by atoms with Crippen molar-refractivity contribution in [1.29, 1.82) is 0 Å². The summed E-state index contributed by atoms with van der Waals surface area (Å²) in [6.07, 6.45) is 0. The van der Waals surface area contributed by atoms with Gasteiger partial charge in [-0.1, -0.05) is 11.6 Å². The summed E-state index contributed by atoms with van der Waals surface area (Å²) < 4.78 is 13.6. The number of nitrogens with one attached hydrogen (secondary N) is 1. The van der Waals surface area contributed by atoms with Crippen molar-refractivity contribution in [3.8, 4) is 5.75 Å². The quantitative estimate of drug-likeness (QED) is 0.807. The number of halogens is 2. The molecule has 0 aliphatic heterocycles. The van der Waals surface area contributed by atoms with Crippen LogP contribution in [-0.2, 0) is 6.54 Å². The van der Waals surface area contributed by atoms with Gasteiger partial charge < -0.3 is 15.5 Å². The first-order chi connectivity index (χ1) is 9.47. The van der Waals surface area contributed by atoms with Crippen molar-refractivity contribution < 1.29 is 19.4 Å². The van der Waals surface area contributed by atoms with Gasteiger partial charge in [-0.25, -0.2) is 9.18 Å². The highest BCUT2D eigenvalue weighted by molar-refractivity contribution is 6.30. The van der Waals surface area contributed by atoms with Gasteiger partial charge in [0.15, 0.2) is 0 Å². The predicted octanol–water partition coefficient (Wildman–Crippen LogP) is 3.50. The first kappa shape index (κ1) is 14.1.